The van der Waals surface area contributed by atoms with E-state index >= 15 is 0 Å². The molecule has 0 aliphatic heterocycles. The zero-order valence-electron chi connectivity index (χ0n) is 10.2. The van der Waals surface area contributed by atoms with Crippen molar-refractivity contribution >= 4 is 23.0 Å². The van der Waals surface area contributed by atoms with Crippen molar-refractivity contribution in [3.63, 3.8) is 0 Å². The smallest absolute Gasteiger partial charge is 0.294 e. The van der Waals surface area contributed by atoms with Gasteiger partial charge in [0.1, 0.15) is 11.5 Å². The Balaban J connectivity index is 2.74. The van der Waals surface area contributed by atoms with Crippen molar-refractivity contribution in [2.24, 2.45) is 0 Å². The Labute approximate surface area is 109 Å². The number of hydrogen-bond acceptors (Lipinski definition) is 4. The molecule has 18 heavy (non-hydrogen) atoms. The molecular formula is C11H15ClFN3O2. The molecule has 0 aromatic heterocycles. The van der Waals surface area contributed by atoms with Gasteiger partial charge in [0, 0.05) is 31.3 Å². The first-order chi connectivity index (χ1) is 8.41. The van der Waals surface area contributed by atoms with Crippen LogP contribution in [0.2, 0.25) is 5.02 Å². The van der Waals surface area contributed by atoms with E-state index in [1.165, 1.54) is 0 Å². The summed E-state index contributed by atoms with van der Waals surface area (Å²) in [5, 5.41) is 16.5. The lowest BCUT2D eigenvalue weighted by Crippen LogP contribution is -2.28. The Bertz CT molecular complexity index is 441. The summed E-state index contributed by atoms with van der Waals surface area (Å²) in [6, 6.07) is 2.37. The molecule has 0 radical (unpaired) electrons. The van der Waals surface area contributed by atoms with Crippen molar-refractivity contribution in [2.45, 2.75) is 19.9 Å². The first kappa shape index (κ1) is 14.7. The summed E-state index contributed by atoms with van der Waals surface area (Å²) >= 11 is 5.51. The van der Waals surface area contributed by atoms with E-state index in [1.54, 1.807) is 0 Å². The maximum atomic E-state index is 13.2. The van der Waals surface area contributed by atoms with Crippen molar-refractivity contribution in [2.75, 3.05) is 18.4 Å². The highest BCUT2D eigenvalue weighted by molar-refractivity contribution is 6.31. The number of nitro benzene ring substituents is 1. The molecule has 0 amide bonds. The number of rotatable bonds is 6. The van der Waals surface area contributed by atoms with Crippen LogP contribution in [0.1, 0.15) is 13.8 Å². The number of nitro groups is 1. The zero-order chi connectivity index (χ0) is 13.7. The predicted molar refractivity (Wildman–Crippen MR) is 69.7 cm³/mol. The zero-order valence-corrected chi connectivity index (χ0v) is 10.9. The minimum atomic E-state index is -0.679. The second kappa shape index (κ2) is 6.51. The minimum absolute atomic E-state index is 0.132. The summed E-state index contributed by atoms with van der Waals surface area (Å²) in [6.45, 7) is 5.06. The highest BCUT2D eigenvalue weighted by Crippen LogP contribution is 2.30. The fourth-order valence-corrected chi connectivity index (χ4v) is 1.54. The van der Waals surface area contributed by atoms with Crippen LogP contribution in [0.25, 0.3) is 0 Å². The van der Waals surface area contributed by atoms with Gasteiger partial charge < -0.3 is 10.6 Å². The molecule has 1 aromatic rings. The normalized spacial score (nSPS) is 10.7. The number of nitrogens with zero attached hydrogens (tertiary/aromatic N) is 1. The highest BCUT2D eigenvalue weighted by atomic mass is 35.5. The van der Waals surface area contributed by atoms with Crippen LogP contribution < -0.4 is 10.6 Å². The van der Waals surface area contributed by atoms with Gasteiger partial charge in [-0.2, -0.15) is 0 Å². The third kappa shape index (κ3) is 4.12. The lowest BCUT2D eigenvalue weighted by atomic mass is 10.2. The molecule has 0 spiro atoms. The van der Waals surface area contributed by atoms with Gasteiger partial charge in [0.15, 0.2) is 0 Å². The van der Waals surface area contributed by atoms with Crippen LogP contribution in [0.4, 0.5) is 15.8 Å². The van der Waals surface area contributed by atoms with Gasteiger partial charge in [0.25, 0.3) is 5.69 Å². The summed E-state index contributed by atoms with van der Waals surface area (Å²) in [6.07, 6.45) is 0. The fourth-order valence-electron chi connectivity index (χ4n) is 1.39. The number of anilines is 1. The van der Waals surface area contributed by atoms with E-state index in [1.807, 2.05) is 13.8 Å². The summed E-state index contributed by atoms with van der Waals surface area (Å²) in [4.78, 5) is 10.2. The first-order valence-corrected chi connectivity index (χ1v) is 5.90. The molecule has 0 atom stereocenters. The average molecular weight is 276 g/mol. The Morgan fingerprint density at radius 2 is 2.11 bits per heavy atom. The van der Waals surface area contributed by atoms with Crippen LogP contribution in [-0.4, -0.2) is 24.1 Å². The number of benzene rings is 1. The molecule has 1 rings (SSSR count). The van der Waals surface area contributed by atoms with Crippen LogP contribution in [0.3, 0.4) is 0 Å². The Hall–Kier alpha value is -1.40. The van der Waals surface area contributed by atoms with E-state index in [2.05, 4.69) is 10.6 Å². The van der Waals surface area contributed by atoms with Gasteiger partial charge in [-0.15, -0.1) is 0 Å². The van der Waals surface area contributed by atoms with Crippen molar-refractivity contribution in [1.29, 1.82) is 0 Å². The van der Waals surface area contributed by atoms with Gasteiger partial charge in [-0.3, -0.25) is 10.1 Å². The molecular weight excluding hydrogens is 261 g/mol. The quantitative estimate of drug-likeness (QED) is 0.476. The van der Waals surface area contributed by atoms with Gasteiger partial charge >= 0.3 is 0 Å². The lowest BCUT2D eigenvalue weighted by molar-refractivity contribution is -0.384. The van der Waals surface area contributed by atoms with Gasteiger partial charge in [-0.05, 0) is 0 Å². The Kier molecular flexibility index (Phi) is 5.30. The molecule has 100 valence electrons. The maximum Gasteiger partial charge on any atom is 0.294 e. The van der Waals surface area contributed by atoms with Crippen LogP contribution in [0, 0.1) is 15.9 Å². The topological polar surface area (TPSA) is 67.2 Å². The molecule has 0 heterocycles. The van der Waals surface area contributed by atoms with Gasteiger partial charge in [0.05, 0.1) is 9.95 Å². The molecule has 1 aromatic carbocycles. The fraction of sp³-hybridized carbons (Fsp3) is 0.455. The third-order valence-electron chi connectivity index (χ3n) is 2.23. The average Bonchev–Trinajstić information content (AvgIpc) is 2.28. The van der Waals surface area contributed by atoms with Crippen molar-refractivity contribution in [3.8, 4) is 0 Å². The number of hydrogen-bond donors (Lipinski definition) is 2. The predicted octanol–water partition coefficient (Wildman–Crippen LogP) is 2.80. The van der Waals surface area contributed by atoms with E-state index in [9.17, 15) is 14.5 Å². The number of halogens is 2. The molecule has 0 aliphatic rings. The summed E-state index contributed by atoms with van der Waals surface area (Å²) in [7, 11) is 0. The second-order valence-corrected chi connectivity index (χ2v) is 4.48. The van der Waals surface area contributed by atoms with E-state index < -0.39 is 10.7 Å². The molecule has 0 bridgehead atoms. The first-order valence-electron chi connectivity index (χ1n) is 5.52. The summed E-state index contributed by atoms with van der Waals surface area (Å²) < 4.78 is 13.2. The van der Waals surface area contributed by atoms with Gasteiger partial charge in [-0.1, -0.05) is 25.4 Å². The minimum Gasteiger partial charge on any atom is -0.378 e. The van der Waals surface area contributed by atoms with E-state index in [-0.39, 0.29) is 16.4 Å². The number of nitrogens with one attached hydrogen (secondary N) is 2. The SMILES string of the molecule is CC(C)NCCNc1cc(F)c(Cl)cc1[N+](=O)[O-]. The lowest BCUT2D eigenvalue weighted by Gasteiger charge is -2.10. The van der Waals surface area contributed by atoms with Crippen LogP contribution in [0.5, 0.6) is 0 Å². The van der Waals surface area contributed by atoms with Gasteiger partial charge in [-0.25, -0.2) is 4.39 Å². The highest BCUT2D eigenvalue weighted by Gasteiger charge is 2.17. The standard InChI is InChI=1S/C11H15ClFN3O2/c1-7(2)14-3-4-15-10-6-9(13)8(12)5-11(10)16(17)18/h5-7,14-15H,3-4H2,1-2H3. The maximum absolute atomic E-state index is 13.2. The van der Waals surface area contributed by atoms with E-state index in [4.69, 9.17) is 11.6 Å². The van der Waals surface area contributed by atoms with E-state index in [0.717, 1.165) is 12.1 Å². The van der Waals surface area contributed by atoms with Crippen molar-refractivity contribution in [1.82, 2.24) is 5.32 Å². The molecule has 0 saturated heterocycles. The van der Waals surface area contributed by atoms with Gasteiger partial charge in [0.2, 0.25) is 0 Å². The van der Waals surface area contributed by atoms with Crippen molar-refractivity contribution in [3.05, 3.63) is 33.1 Å². The third-order valence-corrected chi connectivity index (χ3v) is 2.52. The molecule has 2 N–H and O–H groups in total. The van der Waals surface area contributed by atoms with Crippen LogP contribution in [-0.2, 0) is 0 Å². The summed E-state index contributed by atoms with van der Waals surface area (Å²) in [5.41, 5.74) is -0.0987. The molecule has 0 unspecified atom stereocenters. The monoisotopic (exact) mass is 275 g/mol. The molecule has 0 aliphatic carbocycles. The van der Waals surface area contributed by atoms with Crippen molar-refractivity contribution < 1.29 is 9.31 Å². The molecule has 0 saturated carbocycles. The molecule has 5 nitrogen and oxygen atoms in total. The van der Waals surface area contributed by atoms with Crippen LogP contribution in [0.15, 0.2) is 12.1 Å². The van der Waals surface area contributed by atoms with Crippen LogP contribution >= 0.6 is 11.6 Å². The molecule has 0 fully saturated rings. The Morgan fingerprint density at radius 1 is 1.44 bits per heavy atom. The second-order valence-electron chi connectivity index (χ2n) is 4.08. The largest absolute Gasteiger partial charge is 0.378 e. The summed E-state index contributed by atoms with van der Waals surface area (Å²) in [5.74, 6) is -0.679. The van der Waals surface area contributed by atoms with E-state index in [0.29, 0.717) is 19.1 Å². The Morgan fingerprint density at radius 3 is 2.67 bits per heavy atom. The molecule has 7 heteroatoms.